The van der Waals surface area contributed by atoms with E-state index in [-0.39, 0.29) is 6.10 Å². The molecule has 2 aromatic carbocycles. The van der Waals surface area contributed by atoms with Crippen molar-refractivity contribution in [3.05, 3.63) is 65.7 Å². The number of carbonyl (C=O) groups excluding carboxylic acids is 1. The molecule has 1 N–H and O–H groups in total. The summed E-state index contributed by atoms with van der Waals surface area (Å²) in [6.07, 6.45) is 0.946. The molecule has 2 atom stereocenters. The van der Waals surface area contributed by atoms with Crippen molar-refractivity contribution in [2.75, 3.05) is 7.11 Å². The molecule has 0 aromatic heterocycles. The maximum absolute atomic E-state index is 10.8. The Morgan fingerprint density at radius 3 is 2.36 bits per heavy atom. The molecule has 1 amide bonds. The number of methoxy groups -OCH3 is 1. The first kappa shape index (κ1) is 16.0. The summed E-state index contributed by atoms with van der Waals surface area (Å²) in [5, 5.41) is 2.71. The highest BCUT2D eigenvalue weighted by atomic mass is 16.5. The molecule has 2 unspecified atom stereocenters. The number of amides is 1. The van der Waals surface area contributed by atoms with E-state index < -0.39 is 6.23 Å². The van der Waals surface area contributed by atoms with Crippen molar-refractivity contribution in [3.63, 3.8) is 0 Å². The average molecular weight is 299 g/mol. The van der Waals surface area contributed by atoms with Crippen LogP contribution in [0.4, 0.5) is 0 Å². The Kier molecular flexibility index (Phi) is 5.98. The van der Waals surface area contributed by atoms with Gasteiger partial charge in [-0.3, -0.25) is 4.79 Å². The molecule has 0 spiro atoms. The second-order valence-corrected chi connectivity index (χ2v) is 5.07. The summed E-state index contributed by atoms with van der Waals surface area (Å²) in [5.41, 5.74) is 2.09. The van der Waals surface area contributed by atoms with Crippen LogP contribution in [0.5, 0.6) is 5.75 Å². The zero-order valence-corrected chi connectivity index (χ0v) is 12.9. The van der Waals surface area contributed by atoms with E-state index in [1.165, 1.54) is 5.56 Å². The standard InChI is InChI=1S/C18H21NO3/c1-14(12-15-6-4-3-5-7-15)22-18(19-13-20)16-8-10-17(21-2)11-9-16/h3-11,13-14,18H,12H2,1-2H3,(H,19,20). The largest absolute Gasteiger partial charge is 0.497 e. The molecule has 0 aliphatic heterocycles. The van der Waals surface area contributed by atoms with Gasteiger partial charge < -0.3 is 14.8 Å². The van der Waals surface area contributed by atoms with Gasteiger partial charge in [-0.05, 0) is 31.0 Å². The molecule has 0 radical (unpaired) electrons. The lowest BCUT2D eigenvalue weighted by Gasteiger charge is -2.22. The van der Waals surface area contributed by atoms with Crippen LogP contribution in [-0.4, -0.2) is 19.6 Å². The van der Waals surface area contributed by atoms with Gasteiger partial charge in [-0.2, -0.15) is 0 Å². The van der Waals surface area contributed by atoms with Crippen molar-refractivity contribution in [1.82, 2.24) is 5.32 Å². The summed E-state index contributed by atoms with van der Waals surface area (Å²) >= 11 is 0. The van der Waals surface area contributed by atoms with E-state index in [0.29, 0.717) is 6.41 Å². The summed E-state index contributed by atoms with van der Waals surface area (Å²) in [6.45, 7) is 2.00. The lowest BCUT2D eigenvalue weighted by atomic mass is 10.1. The fourth-order valence-electron chi connectivity index (χ4n) is 2.28. The maximum Gasteiger partial charge on any atom is 0.209 e. The first-order valence-electron chi connectivity index (χ1n) is 7.26. The van der Waals surface area contributed by atoms with E-state index >= 15 is 0 Å². The van der Waals surface area contributed by atoms with E-state index in [1.54, 1.807) is 7.11 Å². The minimum atomic E-state index is -0.470. The van der Waals surface area contributed by atoms with Crippen LogP contribution in [0.15, 0.2) is 54.6 Å². The Morgan fingerprint density at radius 1 is 1.09 bits per heavy atom. The van der Waals surface area contributed by atoms with E-state index in [9.17, 15) is 4.79 Å². The number of rotatable bonds is 8. The second kappa shape index (κ2) is 8.20. The third kappa shape index (κ3) is 4.60. The van der Waals surface area contributed by atoms with Crippen LogP contribution in [0.1, 0.15) is 24.3 Å². The van der Waals surface area contributed by atoms with Crippen molar-refractivity contribution in [2.24, 2.45) is 0 Å². The molecule has 4 nitrogen and oxygen atoms in total. The molecular weight excluding hydrogens is 278 g/mol. The highest BCUT2D eigenvalue weighted by molar-refractivity contribution is 5.47. The molecule has 0 aliphatic carbocycles. The van der Waals surface area contributed by atoms with Gasteiger partial charge in [-0.1, -0.05) is 42.5 Å². The van der Waals surface area contributed by atoms with Gasteiger partial charge in [0, 0.05) is 5.56 Å². The normalized spacial score (nSPS) is 13.2. The number of carbonyl (C=O) groups is 1. The predicted octanol–water partition coefficient (Wildman–Crippen LogP) is 3.09. The van der Waals surface area contributed by atoms with Crippen LogP contribution in [0, 0.1) is 0 Å². The van der Waals surface area contributed by atoms with Crippen LogP contribution >= 0.6 is 0 Å². The van der Waals surface area contributed by atoms with Crippen molar-refractivity contribution >= 4 is 6.41 Å². The lowest BCUT2D eigenvalue weighted by Crippen LogP contribution is -2.27. The topological polar surface area (TPSA) is 47.6 Å². The number of nitrogens with one attached hydrogen (secondary N) is 1. The monoisotopic (exact) mass is 299 g/mol. The number of hydrogen-bond acceptors (Lipinski definition) is 3. The van der Waals surface area contributed by atoms with Crippen LogP contribution < -0.4 is 10.1 Å². The van der Waals surface area contributed by atoms with Crippen molar-refractivity contribution in [1.29, 1.82) is 0 Å². The molecule has 22 heavy (non-hydrogen) atoms. The Balaban J connectivity index is 2.02. The summed E-state index contributed by atoms with van der Waals surface area (Å²) < 4.78 is 11.1. The lowest BCUT2D eigenvalue weighted by molar-refractivity contribution is -0.115. The van der Waals surface area contributed by atoms with Crippen LogP contribution in [0.25, 0.3) is 0 Å². The van der Waals surface area contributed by atoms with E-state index in [1.807, 2.05) is 49.4 Å². The smallest absolute Gasteiger partial charge is 0.209 e. The minimum Gasteiger partial charge on any atom is -0.497 e. The van der Waals surface area contributed by atoms with Gasteiger partial charge >= 0.3 is 0 Å². The molecule has 2 aromatic rings. The van der Waals surface area contributed by atoms with Gasteiger partial charge in [0.05, 0.1) is 13.2 Å². The highest BCUT2D eigenvalue weighted by Gasteiger charge is 2.15. The number of ether oxygens (including phenoxy) is 2. The Hall–Kier alpha value is -2.33. The summed E-state index contributed by atoms with van der Waals surface area (Å²) in [5.74, 6) is 0.769. The maximum atomic E-state index is 10.8. The zero-order chi connectivity index (χ0) is 15.8. The SMILES string of the molecule is COc1ccc(C(NC=O)OC(C)Cc2ccccc2)cc1. The molecule has 0 saturated carbocycles. The minimum absolute atomic E-state index is 0.0260. The molecule has 4 heteroatoms. The van der Waals surface area contributed by atoms with E-state index in [0.717, 1.165) is 17.7 Å². The van der Waals surface area contributed by atoms with E-state index in [2.05, 4.69) is 17.4 Å². The molecular formula is C18H21NO3. The number of hydrogen-bond donors (Lipinski definition) is 1. The Bertz CT molecular complexity index is 569. The third-order valence-electron chi connectivity index (χ3n) is 3.37. The van der Waals surface area contributed by atoms with Crippen LogP contribution in [-0.2, 0) is 16.0 Å². The van der Waals surface area contributed by atoms with Gasteiger partial charge in [-0.25, -0.2) is 0 Å². The third-order valence-corrected chi connectivity index (χ3v) is 3.37. The Labute approximate surface area is 131 Å². The highest BCUT2D eigenvalue weighted by Crippen LogP contribution is 2.20. The fraction of sp³-hybridized carbons (Fsp3) is 0.278. The predicted molar refractivity (Wildman–Crippen MR) is 85.6 cm³/mol. The van der Waals surface area contributed by atoms with Crippen molar-refractivity contribution in [3.8, 4) is 5.75 Å². The van der Waals surface area contributed by atoms with Crippen LogP contribution in [0.3, 0.4) is 0 Å². The second-order valence-electron chi connectivity index (χ2n) is 5.07. The first-order chi connectivity index (χ1) is 10.7. The molecule has 116 valence electrons. The average Bonchev–Trinajstić information content (AvgIpc) is 2.55. The van der Waals surface area contributed by atoms with Gasteiger partial charge in [0.1, 0.15) is 5.75 Å². The molecule has 0 bridgehead atoms. The summed E-state index contributed by atoms with van der Waals surface area (Å²) in [6, 6.07) is 17.6. The molecule has 0 saturated heterocycles. The molecule has 2 rings (SSSR count). The fourth-order valence-corrected chi connectivity index (χ4v) is 2.28. The van der Waals surface area contributed by atoms with Gasteiger partial charge in [0.25, 0.3) is 0 Å². The quantitative estimate of drug-likeness (QED) is 0.602. The van der Waals surface area contributed by atoms with Gasteiger partial charge in [0.2, 0.25) is 6.41 Å². The molecule has 0 fully saturated rings. The first-order valence-corrected chi connectivity index (χ1v) is 7.26. The van der Waals surface area contributed by atoms with Gasteiger partial charge in [0.15, 0.2) is 6.23 Å². The van der Waals surface area contributed by atoms with E-state index in [4.69, 9.17) is 9.47 Å². The zero-order valence-electron chi connectivity index (χ0n) is 12.9. The summed E-state index contributed by atoms with van der Waals surface area (Å²) in [7, 11) is 1.62. The van der Waals surface area contributed by atoms with Crippen LogP contribution in [0.2, 0.25) is 0 Å². The van der Waals surface area contributed by atoms with Crippen molar-refractivity contribution in [2.45, 2.75) is 25.7 Å². The molecule has 0 heterocycles. The Morgan fingerprint density at radius 2 is 1.77 bits per heavy atom. The van der Waals surface area contributed by atoms with Crippen molar-refractivity contribution < 1.29 is 14.3 Å². The molecule has 0 aliphatic rings. The summed E-state index contributed by atoms with van der Waals surface area (Å²) in [4.78, 5) is 10.8. The number of benzene rings is 2. The van der Waals surface area contributed by atoms with Gasteiger partial charge in [-0.15, -0.1) is 0 Å².